The molecule has 2 amide bonds. The summed E-state index contributed by atoms with van der Waals surface area (Å²) in [5.41, 5.74) is 0.496. The molecule has 0 saturated carbocycles. The lowest BCUT2D eigenvalue weighted by Crippen LogP contribution is -2.43. The van der Waals surface area contributed by atoms with Gasteiger partial charge in [-0.05, 0) is 25.3 Å². The summed E-state index contributed by atoms with van der Waals surface area (Å²) in [7, 11) is 3.03. The highest BCUT2D eigenvalue weighted by molar-refractivity contribution is 6.32. The number of halogens is 1. The SMILES string of the molecule is CCCC(=O)N1CCCC(C(=O)Nc2cc(Cl)c(OC)cc2OC)C1. The summed E-state index contributed by atoms with van der Waals surface area (Å²) < 4.78 is 10.5. The van der Waals surface area contributed by atoms with Gasteiger partial charge in [0.25, 0.3) is 0 Å². The van der Waals surface area contributed by atoms with Crippen molar-refractivity contribution in [3.63, 3.8) is 0 Å². The van der Waals surface area contributed by atoms with E-state index in [4.69, 9.17) is 21.1 Å². The maximum atomic E-state index is 12.6. The molecular formula is C18H25ClN2O4. The van der Waals surface area contributed by atoms with Crippen LogP contribution in [0.4, 0.5) is 5.69 Å². The van der Waals surface area contributed by atoms with E-state index in [-0.39, 0.29) is 17.7 Å². The van der Waals surface area contributed by atoms with Crippen molar-refractivity contribution in [3.8, 4) is 11.5 Å². The zero-order chi connectivity index (χ0) is 18.4. The number of hydrogen-bond donors (Lipinski definition) is 1. The average molecular weight is 369 g/mol. The first kappa shape index (κ1) is 19.4. The Labute approximate surface area is 153 Å². The minimum absolute atomic E-state index is 0.116. The first-order valence-corrected chi connectivity index (χ1v) is 8.88. The van der Waals surface area contributed by atoms with Gasteiger partial charge in [-0.1, -0.05) is 18.5 Å². The Hall–Kier alpha value is -1.95. The van der Waals surface area contributed by atoms with Gasteiger partial charge in [0.15, 0.2) is 0 Å². The number of carbonyl (C=O) groups excluding carboxylic acids is 2. The van der Waals surface area contributed by atoms with Gasteiger partial charge >= 0.3 is 0 Å². The Balaban J connectivity index is 2.08. The molecule has 25 heavy (non-hydrogen) atoms. The molecule has 0 radical (unpaired) electrons. The first-order valence-electron chi connectivity index (χ1n) is 8.50. The van der Waals surface area contributed by atoms with Crippen LogP contribution >= 0.6 is 11.6 Å². The van der Waals surface area contributed by atoms with Crippen LogP contribution in [0.1, 0.15) is 32.6 Å². The number of likely N-dealkylation sites (tertiary alicyclic amines) is 1. The van der Waals surface area contributed by atoms with Gasteiger partial charge in [-0.3, -0.25) is 9.59 Å². The molecule has 0 bridgehead atoms. The van der Waals surface area contributed by atoms with Gasteiger partial charge in [0.2, 0.25) is 11.8 Å². The second kappa shape index (κ2) is 8.94. The molecule has 6 nitrogen and oxygen atoms in total. The molecule has 1 atom stereocenters. The Kier molecular flexibility index (Phi) is 6.93. The molecule has 0 spiro atoms. The number of carbonyl (C=O) groups is 2. The summed E-state index contributed by atoms with van der Waals surface area (Å²) in [5.74, 6) is 0.702. The summed E-state index contributed by atoms with van der Waals surface area (Å²) in [6.45, 7) is 3.16. The molecule has 0 aliphatic carbocycles. The van der Waals surface area contributed by atoms with E-state index in [9.17, 15) is 9.59 Å². The largest absolute Gasteiger partial charge is 0.495 e. The van der Waals surface area contributed by atoms with Crippen LogP contribution in [0, 0.1) is 5.92 Å². The standard InChI is InChI=1S/C18H25ClN2O4/c1-4-6-17(22)21-8-5-7-12(11-21)18(23)20-14-9-13(19)15(24-2)10-16(14)25-3/h9-10,12H,4-8,11H2,1-3H3,(H,20,23). The third kappa shape index (κ3) is 4.78. The number of rotatable bonds is 6. The molecule has 138 valence electrons. The molecule has 7 heteroatoms. The van der Waals surface area contributed by atoms with E-state index in [2.05, 4.69) is 5.32 Å². The molecule has 1 aliphatic rings. The Morgan fingerprint density at radius 1 is 1.28 bits per heavy atom. The quantitative estimate of drug-likeness (QED) is 0.836. The lowest BCUT2D eigenvalue weighted by atomic mass is 9.96. The molecule has 1 heterocycles. The van der Waals surface area contributed by atoms with Crippen molar-refractivity contribution in [1.82, 2.24) is 4.90 Å². The summed E-state index contributed by atoms with van der Waals surface area (Å²) in [5, 5.41) is 3.26. The zero-order valence-electron chi connectivity index (χ0n) is 14.9. The first-order chi connectivity index (χ1) is 12.0. The van der Waals surface area contributed by atoms with Crippen molar-refractivity contribution in [1.29, 1.82) is 0 Å². The van der Waals surface area contributed by atoms with Crippen LogP contribution in [0.2, 0.25) is 5.02 Å². The Morgan fingerprint density at radius 3 is 2.64 bits per heavy atom. The number of ether oxygens (including phenoxy) is 2. The minimum Gasteiger partial charge on any atom is -0.495 e. The lowest BCUT2D eigenvalue weighted by molar-refractivity contribution is -0.134. The van der Waals surface area contributed by atoms with Crippen molar-refractivity contribution in [3.05, 3.63) is 17.2 Å². The van der Waals surface area contributed by atoms with Gasteiger partial charge in [-0.2, -0.15) is 0 Å². The summed E-state index contributed by atoms with van der Waals surface area (Å²) >= 11 is 6.14. The lowest BCUT2D eigenvalue weighted by Gasteiger charge is -2.32. The van der Waals surface area contributed by atoms with Crippen LogP contribution in [0.25, 0.3) is 0 Å². The second-order valence-electron chi connectivity index (χ2n) is 6.11. The fourth-order valence-corrected chi connectivity index (χ4v) is 3.22. The predicted molar refractivity (Wildman–Crippen MR) is 97.4 cm³/mol. The van der Waals surface area contributed by atoms with E-state index in [0.717, 1.165) is 25.8 Å². The number of nitrogens with one attached hydrogen (secondary N) is 1. The van der Waals surface area contributed by atoms with Crippen LogP contribution in [0.5, 0.6) is 11.5 Å². The predicted octanol–water partition coefficient (Wildman–Crippen LogP) is 3.33. The normalized spacial score (nSPS) is 17.1. The molecular weight excluding hydrogens is 344 g/mol. The minimum atomic E-state index is -0.236. The van der Waals surface area contributed by atoms with Gasteiger partial charge in [-0.25, -0.2) is 0 Å². The second-order valence-corrected chi connectivity index (χ2v) is 6.51. The average Bonchev–Trinajstić information content (AvgIpc) is 2.62. The van der Waals surface area contributed by atoms with Crippen LogP contribution in [-0.2, 0) is 9.59 Å². The summed E-state index contributed by atoms with van der Waals surface area (Å²) in [6.07, 6.45) is 2.92. The molecule has 1 N–H and O–H groups in total. The number of anilines is 1. The van der Waals surface area contributed by atoms with Crippen molar-refractivity contribution < 1.29 is 19.1 Å². The van der Waals surface area contributed by atoms with Gasteiger partial charge in [0.1, 0.15) is 11.5 Å². The van der Waals surface area contributed by atoms with Crippen molar-refractivity contribution in [2.45, 2.75) is 32.6 Å². The smallest absolute Gasteiger partial charge is 0.229 e. The summed E-state index contributed by atoms with van der Waals surface area (Å²) in [4.78, 5) is 26.5. The van der Waals surface area contributed by atoms with Crippen LogP contribution in [0.15, 0.2) is 12.1 Å². The van der Waals surface area contributed by atoms with Crippen LogP contribution in [0.3, 0.4) is 0 Å². The van der Waals surface area contributed by atoms with E-state index in [1.807, 2.05) is 6.92 Å². The molecule has 1 unspecified atom stereocenters. The molecule has 2 rings (SSSR count). The third-order valence-corrected chi connectivity index (χ3v) is 4.64. The van der Waals surface area contributed by atoms with Gasteiger partial charge in [0, 0.05) is 25.6 Å². The molecule has 1 aromatic carbocycles. The van der Waals surface area contributed by atoms with Crippen molar-refractivity contribution in [2.24, 2.45) is 5.92 Å². The number of amides is 2. The van der Waals surface area contributed by atoms with E-state index < -0.39 is 0 Å². The third-order valence-electron chi connectivity index (χ3n) is 4.34. The molecule has 1 aromatic rings. The van der Waals surface area contributed by atoms with Gasteiger partial charge < -0.3 is 19.7 Å². The number of methoxy groups -OCH3 is 2. The van der Waals surface area contributed by atoms with E-state index in [0.29, 0.717) is 35.2 Å². The molecule has 1 aliphatic heterocycles. The van der Waals surface area contributed by atoms with Crippen LogP contribution < -0.4 is 14.8 Å². The summed E-state index contributed by atoms with van der Waals surface area (Å²) in [6, 6.07) is 3.25. The molecule has 1 saturated heterocycles. The number of nitrogens with zero attached hydrogens (tertiary/aromatic N) is 1. The Morgan fingerprint density at radius 2 is 2.00 bits per heavy atom. The van der Waals surface area contributed by atoms with Crippen molar-refractivity contribution >= 4 is 29.1 Å². The van der Waals surface area contributed by atoms with E-state index in [1.54, 1.807) is 17.0 Å². The molecule has 0 aromatic heterocycles. The van der Waals surface area contributed by atoms with E-state index in [1.165, 1.54) is 14.2 Å². The Bertz CT molecular complexity index is 636. The number of benzene rings is 1. The van der Waals surface area contributed by atoms with Crippen LogP contribution in [-0.4, -0.2) is 44.0 Å². The number of piperidine rings is 1. The topological polar surface area (TPSA) is 67.9 Å². The van der Waals surface area contributed by atoms with E-state index >= 15 is 0 Å². The highest BCUT2D eigenvalue weighted by Crippen LogP contribution is 2.36. The maximum Gasteiger partial charge on any atom is 0.229 e. The molecule has 1 fully saturated rings. The van der Waals surface area contributed by atoms with Crippen molar-refractivity contribution in [2.75, 3.05) is 32.6 Å². The number of hydrogen-bond acceptors (Lipinski definition) is 4. The van der Waals surface area contributed by atoms with Gasteiger partial charge in [0.05, 0.1) is 30.8 Å². The van der Waals surface area contributed by atoms with Gasteiger partial charge in [-0.15, -0.1) is 0 Å². The highest BCUT2D eigenvalue weighted by Gasteiger charge is 2.28. The fourth-order valence-electron chi connectivity index (χ4n) is 2.98. The fraction of sp³-hybridized carbons (Fsp3) is 0.556. The maximum absolute atomic E-state index is 12.6. The highest BCUT2D eigenvalue weighted by atomic mass is 35.5. The zero-order valence-corrected chi connectivity index (χ0v) is 15.7. The monoisotopic (exact) mass is 368 g/mol.